The molecule has 0 unspecified atom stereocenters. The Hall–Kier alpha value is -2.37. The second kappa shape index (κ2) is 19.7. The van der Waals surface area contributed by atoms with Crippen LogP contribution in [0.1, 0.15) is 46.5 Å². The summed E-state index contributed by atoms with van der Waals surface area (Å²) in [7, 11) is 1.33. The number of esters is 2. The van der Waals surface area contributed by atoms with Crippen molar-refractivity contribution < 1.29 is 29.0 Å². The van der Waals surface area contributed by atoms with E-state index >= 15 is 0 Å². The Morgan fingerprint density at radius 2 is 1.60 bits per heavy atom. The maximum atomic E-state index is 10.6. The molecule has 6 heteroatoms. The Balaban J connectivity index is -0.000000337. The lowest BCUT2D eigenvalue weighted by molar-refractivity contribution is -0.138. The summed E-state index contributed by atoms with van der Waals surface area (Å²) in [5.74, 6) is -0.871. The van der Waals surface area contributed by atoms with Gasteiger partial charge in [-0.15, -0.1) is 0 Å². The number of unbranched alkanes of at least 4 members (excludes halogenated alkanes) is 2. The van der Waals surface area contributed by atoms with Gasteiger partial charge in [-0.25, -0.2) is 14.4 Å². The molecule has 0 amide bonds. The molecule has 0 aliphatic heterocycles. The predicted octanol–water partition coefficient (Wildman–Crippen LogP) is 3.92. The molecule has 0 heterocycles. The minimum Gasteiger partial charge on any atom is -0.478 e. The van der Waals surface area contributed by atoms with Gasteiger partial charge in [0.1, 0.15) is 0 Å². The fourth-order valence-corrected chi connectivity index (χ4v) is 1.24. The molecular formula is C19H32O6. The first-order chi connectivity index (χ1) is 11.6. The van der Waals surface area contributed by atoms with Crippen LogP contribution in [0.4, 0.5) is 0 Å². The number of carboxylic acid groups (broad SMARTS) is 1. The topological polar surface area (TPSA) is 89.9 Å². The fourth-order valence-electron chi connectivity index (χ4n) is 1.24. The molecule has 0 rings (SSSR count). The van der Waals surface area contributed by atoms with Crippen molar-refractivity contribution in [2.75, 3.05) is 13.7 Å². The van der Waals surface area contributed by atoms with E-state index in [1.807, 2.05) is 0 Å². The number of carbonyl (C=O) groups excluding carboxylic acids is 2. The lowest BCUT2D eigenvalue weighted by atomic mass is 10.1. The number of methoxy groups -OCH3 is 1. The van der Waals surface area contributed by atoms with E-state index in [1.165, 1.54) is 26.0 Å². The summed E-state index contributed by atoms with van der Waals surface area (Å²) in [4.78, 5) is 30.1. The van der Waals surface area contributed by atoms with Gasteiger partial charge < -0.3 is 14.6 Å². The number of aliphatic carboxylic acids is 1. The third-order valence-electron chi connectivity index (χ3n) is 2.55. The zero-order valence-corrected chi connectivity index (χ0v) is 15.9. The highest BCUT2D eigenvalue weighted by molar-refractivity contribution is 5.86. The summed E-state index contributed by atoms with van der Waals surface area (Å²) >= 11 is 0. The molecule has 0 saturated carbocycles. The van der Waals surface area contributed by atoms with Gasteiger partial charge in [-0.2, -0.15) is 0 Å². The molecule has 0 atom stereocenters. The van der Waals surface area contributed by atoms with Crippen LogP contribution in [-0.2, 0) is 23.9 Å². The zero-order chi connectivity index (χ0) is 20.3. The molecule has 0 aromatic rings. The van der Waals surface area contributed by atoms with Crippen LogP contribution in [0.3, 0.4) is 0 Å². The quantitative estimate of drug-likeness (QED) is 0.382. The number of carbonyl (C=O) groups is 3. The van der Waals surface area contributed by atoms with E-state index in [4.69, 9.17) is 9.84 Å². The minimum absolute atomic E-state index is 0.316. The van der Waals surface area contributed by atoms with Gasteiger partial charge in [0.25, 0.3) is 0 Å². The normalized spacial score (nSPS) is 8.68. The van der Waals surface area contributed by atoms with E-state index in [2.05, 4.69) is 38.3 Å². The van der Waals surface area contributed by atoms with Crippen LogP contribution in [0.2, 0.25) is 0 Å². The molecule has 6 nitrogen and oxygen atoms in total. The molecule has 0 radical (unpaired) electrons. The Bertz CT molecular complexity index is 424. The van der Waals surface area contributed by atoms with Gasteiger partial charge >= 0.3 is 17.9 Å². The lowest BCUT2D eigenvalue weighted by Crippen LogP contribution is -2.01. The maximum Gasteiger partial charge on any atom is 0.332 e. The molecule has 0 aromatic carbocycles. The van der Waals surface area contributed by atoms with Gasteiger partial charge in [-0.1, -0.05) is 52.8 Å². The van der Waals surface area contributed by atoms with Crippen molar-refractivity contribution in [3.8, 4) is 0 Å². The van der Waals surface area contributed by atoms with Gasteiger partial charge in [0.15, 0.2) is 0 Å². The van der Waals surface area contributed by atoms with Crippen molar-refractivity contribution in [1.29, 1.82) is 0 Å². The Labute approximate surface area is 151 Å². The smallest absolute Gasteiger partial charge is 0.332 e. The molecule has 0 fully saturated rings. The zero-order valence-electron chi connectivity index (χ0n) is 15.9. The van der Waals surface area contributed by atoms with Crippen LogP contribution in [0.5, 0.6) is 0 Å². The molecule has 144 valence electrons. The Kier molecular flexibility index (Phi) is 21.6. The maximum absolute atomic E-state index is 10.6. The van der Waals surface area contributed by atoms with Crippen molar-refractivity contribution in [1.82, 2.24) is 0 Å². The summed E-state index contributed by atoms with van der Waals surface area (Å²) in [6.45, 7) is 16.2. The van der Waals surface area contributed by atoms with Crippen LogP contribution < -0.4 is 0 Å². The predicted molar refractivity (Wildman–Crippen MR) is 99.1 cm³/mol. The Morgan fingerprint density at radius 1 is 1.08 bits per heavy atom. The van der Waals surface area contributed by atoms with Crippen molar-refractivity contribution in [2.45, 2.75) is 46.5 Å². The van der Waals surface area contributed by atoms with Crippen molar-refractivity contribution in [3.05, 3.63) is 37.5 Å². The van der Waals surface area contributed by atoms with Crippen molar-refractivity contribution in [3.63, 3.8) is 0 Å². The highest BCUT2D eigenvalue weighted by Crippen LogP contribution is 2.07. The van der Waals surface area contributed by atoms with Crippen molar-refractivity contribution in [2.24, 2.45) is 5.92 Å². The van der Waals surface area contributed by atoms with Crippen LogP contribution in [0.25, 0.3) is 0 Å². The first-order valence-electron chi connectivity index (χ1n) is 8.00. The van der Waals surface area contributed by atoms with Gasteiger partial charge in [0.05, 0.1) is 13.7 Å². The second-order valence-electron chi connectivity index (χ2n) is 5.43. The molecular weight excluding hydrogens is 324 g/mol. The number of hydrogen-bond acceptors (Lipinski definition) is 5. The van der Waals surface area contributed by atoms with Crippen LogP contribution >= 0.6 is 0 Å². The monoisotopic (exact) mass is 356 g/mol. The highest BCUT2D eigenvalue weighted by atomic mass is 16.5. The standard InChI is InChI=1S/C11H20O2.C5H8O2.C3H4O2/c1-4-11(12)13-9-7-5-6-8-10(2)3;1-4(2)5(6)7-3;1-2-3(4)5/h4,10H,1,5-9H2,2-3H3;1H2,2-3H3;2H,1H2,(H,4,5). The van der Waals surface area contributed by atoms with E-state index in [0.29, 0.717) is 12.2 Å². The summed E-state index contributed by atoms with van der Waals surface area (Å²) in [5.41, 5.74) is 0.433. The van der Waals surface area contributed by atoms with Gasteiger partial charge in [0.2, 0.25) is 0 Å². The third kappa shape index (κ3) is 30.1. The van der Waals surface area contributed by atoms with Gasteiger partial charge in [-0.05, 0) is 19.3 Å². The molecule has 0 aliphatic carbocycles. The van der Waals surface area contributed by atoms with E-state index in [-0.39, 0.29) is 11.9 Å². The van der Waals surface area contributed by atoms with E-state index < -0.39 is 5.97 Å². The van der Waals surface area contributed by atoms with Crippen LogP contribution in [-0.4, -0.2) is 36.7 Å². The number of hydrogen-bond donors (Lipinski definition) is 1. The molecule has 1 N–H and O–H groups in total. The van der Waals surface area contributed by atoms with Gasteiger partial charge in [0, 0.05) is 17.7 Å². The first-order valence-corrected chi connectivity index (χ1v) is 8.00. The minimum atomic E-state index is -0.981. The summed E-state index contributed by atoms with van der Waals surface area (Å²) in [6, 6.07) is 0. The van der Waals surface area contributed by atoms with E-state index in [1.54, 1.807) is 6.92 Å². The SMILES string of the molecule is C=C(C)C(=O)OC.C=CC(=O)O.C=CC(=O)OCCCCCC(C)C. The van der Waals surface area contributed by atoms with E-state index in [0.717, 1.165) is 24.8 Å². The number of ether oxygens (including phenoxy) is 2. The van der Waals surface area contributed by atoms with Crippen LogP contribution in [0, 0.1) is 5.92 Å². The van der Waals surface area contributed by atoms with E-state index in [9.17, 15) is 14.4 Å². The third-order valence-corrected chi connectivity index (χ3v) is 2.55. The molecule has 0 saturated heterocycles. The Morgan fingerprint density at radius 3 is 1.88 bits per heavy atom. The van der Waals surface area contributed by atoms with Crippen LogP contribution in [0.15, 0.2) is 37.5 Å². The lowest BCUT2D eigenvalue weighted by Gasteiger charge is -2.04. The van der Waals surface area contributed by atoms with Crippen molar-refractivity contribution >= 4 is 17.9 Å². The molecule has 0 bridgehead atoms. The average Bonchev–Trinajstić information content (AvgIpc) is 2.57. The largest absolute Gasteiger partial charge is 0.478 e. The first kappa shape index (κ1) is 27.5. The summed E-state index contributed by atoms with van der Waals surface area (Å²) in [6.07, 6.45) is 6.63. The molecule has 0 aromatic heterocycles. The molecule has 0 aliphatic rings. The average molecular weight is 356 g/mol. The van der Waals surface area contributed by atoms with Gasteiger partial charge in [-0.3, -0.25) is 0 Å². The second-order valence-corrected chi connectivity index (χ2v) is 5.43. The number of carboxylic acids is 1. The number of rotatable bonds is 9. The molecule has 0 spiro atoms. The molecule has 25 heavy (non-hydrogen) atoms. The summed E-state index contributed by atoms with van der Waals surface area (Å²) in [5, 5.41) is 7.60. The summed E-state index contributed by atoms with van der Waals surface area (Å²) < 4.78 is 9.11. The fraction of sp³-hybridized carbons (Fsp3) is 0.526. The highest BCUT2D eigenvalue weighted by Gasteiger charge is 1.97.